The Labute approximate surface area is 139 Å². The van der Waals surface area contributed by atoms with Crippen LogP contribution in [0.15, 0.2) is 35.4 Å². The minimum atomic E-state index is -4.84. The predicted octanol–water partition coefficient (Wildman–Crippen LogP) is 2.72. The molecule has 1 aromatic heterocycles. The zero-order valence-electron chi connectivity index (χ0n) is 12.2. The Kier molecular flexibility index (Phi) is 5.07. The summed E-state index contributed by atoms with van der Waals surface area (Å²) in [6.45, 7) is -1.39. The van der Waals surface area contributed by atoms with Crippen LogP contribution in [0, 0.1) is 11.3 Å². The third-order valence-electron chi connectivity index (χ3n) is 2.76. The van der Waals surface area contributed by atoms with Crippen molar-refractivity contribution < 1.29 is 25.5 Å². The Morgan fingerprint density at radius 3 is 2.36 bits per heavy atom. The Morgan fingerprint density at radius 1 is 1.20 bits per heavy atom. The third-order valence-corrected chi connectivity index (χ3v) is 3.59. The first-order valence-corrected chi connectivity index (χ1v) is 7.86. The molecular weight excluding hydrogens is 366 g/mol. The van der Waals surface area contributed by atoms with Gasteiger partial charge in [-0.3, -0.25) is 0 Å². The summed E-state index contributed by atoms with van der Waals surface area (Å²) in [6.07, 6.45) is -3.48. The van der Waals surface area contributed by atoms with Crippen LogP contribution in [0.5, 0.6) is 0 Å². The summed E-state index contributed by atoms with van der Waals surface area (Å²) >= 11 is 0. The van der Waals surface area contributed by atoms with Crippen molar-refractivity contribution in [1.82, 2.24) is 9.97 Å². The van der Waals surface area contributed by atoms with E-state index in [1.807, 2.05) is 5.32 Å². The Morgan fingerprint density at radius 2 is 1.84 bits per heavy atom. The Bertz CT molecular complexity index is 907. The van der Waals surface area contributed by atoms with Crippen LogP contribution in [0.3, 0.4) is 0 Å². The monoisotopic (exact) mass is 375 g/mol. The molecule has 0 aliphatic rings. The number of nitriles is 1. The van der Waals surface area contributed by atoms with E-state index >= 15 is 0 Å². The molecule has 0 spiro atoms. The summed E-state index contributed by atoms with van der Waals surface area (Å²) in [5, 5.41) is 13.5. The van der Waals surface area contributed by atoms with Crippen LogP contribution in [-0.4, -0.2) is 31.1 Å². The normalized spacial score (nSPS) is 11.6. The second-order valence-electron chi connectivity index (χ2n) is 4.62. The zero-order valence-corrected chi connectivity index (χ0v) is 13.0. The number of nitrogens with zero attached hydrogens (tertiary/aromatic N) is 3. The summed E-state index contributed by atoms with van der Waals surface area (Å²) in [5.74, 6) is -0.459. The maximum atomic E-state index is 12.8. The highest BCUT2D eigenvalue weighted by molar-refractivity contribution is 7.86. The number of alkyl halides is 3. The van der Waals surface area contributed by atoms with Gasteiger partial charge in [0.1, 0.15) is 24.0 Å². The standard InChI is InChI=1S/C13H9F4N5O2S/c14-13(15,16)7-20-11-8(5-18)6-19-12(22-11)21-9-1-3-10(4-2-9)25(17,23)24/h1-4,6H,7H2,(H2,19,20,21,22). The molecule has 2 rings (SSSR count). The molecule has 2 N–H and O–H groups in total. The maximum absolute atomic E-state index is 12.8. The number of hydrogen-bond donors (Lipinski definition) is 2. The number of aromatic nitrogens is 2. The van der Waals surface area contributed by atoms with Crippen molar-refractivity contribution in [3.63, 3.8) is 0 Å². The average Bonchev–Trinajstić information content (AvgIpc) is 2.52. The SMILES string of the molecule is N#Cc1cnc(Nc2ccc(S(=O)(=O)F)cc2)nc1NCC(F)(F)F. The summed E-state index contributed by atoms with van der Waals surface area (Å²) in [7, 11) is -4.84. The van der Waals surface area contributed by atoms with Crippen molar-refractivity contribution in [1.29, 1.82) is 5.26 Å². The van der Waals surface area contributed by atoms with Crippen LogP contribution in [0.1, 0.15) is 5.56 Å². The topological polar surface area (TPSA) is 108 Å². The van der Waals surface area contributed by atoms with Gasteiger partial charge in [-0.25, -0.2) is 4.98 Å². The summed E-state index contributed by atoms with van der Waals surface area (Å²) in [6, 6.07) is 6.07. The van der Waals surface area contributed by atoms with Gasteiger partial charge in [0.05, 0.1) is 11.1 Å². The minimum Gasteiger partial charge on any atom is -0.360 e. The van der Waals surface area contributed by atoms with Crippen LogP contribution >= 0.6 is 0 Å². The van der Waals surface area contributed by atoms with Gasteiger partial charge in [-0.1, -0.05) is 0 Å². The Hall–Kier alpha value is -2.94. The number of hydrogen-bond acceptors (Lipinski definition) is 7. The zero-order chi connectivity index (χ0) is 18.7. The third kappa shape index (κ3) is 5.28. The first-order chi connectivity index (χ1) is 11.6. The molecule has 132 valence electrons. The van der Waals surface area contributed by atoms with E-state index in [-0.39, 0.29) is 23.0 Å². The molecule has 25 heavy (non-hydrogen) atoms. The van der Waals surface area contributed by atoms with E-state index in [9.17, 15) is 25.5 Å². The quantitative estimate of drug-likeness (QED) is 0.611. The van der Waals surface area contributed by atoms with Crippen LogP contribution in [0.2, 0.25) is 0 Å². The molecule has 0 atom stereocenters. The van der Waals surface area contributed by atoms with Gasteiger partial charge >= 0.3 is 16.4 Å². The van der Waals surface area contributed by atoms with Gasteiger partial charge in [0.15, 0.2) is 0 Å². The molecule has 7 nitrogen and oxygen atoms in total. The van der Waals surface area contributed by atoms with Gasteiger partial charge < -0.3 is 10.6 Å². The molecule has 12 heteroatoms. The van der Waals surface area contributed by atoms with Crippen LogP contribution in [0.4, 0.5) is 34.5 Å². The van der Waals surface area contributed by atoms with Crippen molar-refractivity contribution in [2.24, 2.45) is 0 Å². The molecule has 0 unspecified atom stereocenters. The molecule has 0 fully saturated rings. The molecule has 1 heterocycles. The van der Waals surface area contributed by atoms with Crippen molar-refractivity contribution in [3.05, 3.63) is 36.0 Å². The molecular formula is C13H9F4N5O2S. The van der Waals surface area contributed by atoms with E-state index in [0.717, 1.165) is 18.3 Å². The minimum absolute atomic E-state index is 0.139. The summed E-state index contributed by atoms with van der Waals surface area (Å²) in [4.78, 5) is 6.98. The molecule has 0 saturated carbocycles. The van der Waals surface area contributed by atoms with Gasteiger partial charge in [-0.2, -0.15) is 31.8 Å². The van der Waals surface area contributed by atoms with Crippen molar-refractivity contribution >= 4 is 27.7 Å². The van der Waals surface area contributed by atoms with E-state index in [2.05, 4.69) is 15.3 Å². The fourth-order valence-corrected chi connectivity index (χ4v) is 2.13. The van der Waals surface area contributed by atoms with Crippen molar-refractivity contribution in [2.75, 3.05) is 17.2 Å². The molecule has 0 radical (unpaired) electrons. The fourth-order valence-electron chi connectivity index (χ4n) is 1.67. The van der Waals surface area contributed by atoms with Gasteiger partial charge in [0.2, 0.25) is 5.95 Å². The highest BCUT2D eigenvalue weighted by Crippen LogP contribution is 2.21. The highest BCUT2D eigenvalue weighted by Gasteiger charge is 2.27. The lowest BCUT2D eigenvalue weighted by molar-refractivity contribution is -0.115. The van der Waals surface area contributed by atoms with Crippen LogP contribution < -0.4 is 10.6 Å². The smallest absolute Gasteiger partial charge is 0.360 e. The molecule has 0 amide bonds. The van der Waals surface area contributed by atoms with Crippen LogP contribution in [0.25, 0.3) is 0 Å². The van der Waals surface area contributed by atoms with Crippen molar-refractivity contribution in [3.8, 4) is 6.07 Å². The fraction of sp³-hybridized carbons (Fsp3) is 0.154. The van der Waals surface area contributed by atoms with Gasteiger partial charge in [-0.15, -0.1) is 3.89 Å². The van der Waals surface area contributed by atoms with Crippen LogP contribution in [-0.2, 0) is 10.2 Å². The maximum Gasteiger partial charge on any atom is 0.405 e. The van der Waals surface area contributed by atoms with E-state index in [4.69, 9.17) is 5.26 Å². The summed E-state index contributed by atoms with van der Waals surface area (Å²) < 4.78 is 71.1. The second kappa shape index (κ2) is 6.89. The molecule has 2 aromatic rings. The average molecular weight is 375 g/mol. The molecule has 0 saturated heterocycles. The van der Waals surface area contributed by atoms with Gasteiger partial charge in [0.25, 0.3) is 0 Å². The van der Waals surface area contributed by atoms with Crippen molar-refractivity contribution in [2.45, 2.75) is 11.1 Å². The number of nitrogens with one attached hydrogen (secondary N) is 2. The first-order valence-electron chi connectivity index (χ1n) is 6.48. The van der Waals surface area contributed by atoms with Gasteiger partial charge in [0, 0.05) is 5.69 Å². The van der Waals surface area contributed by atoms with E-state index in [1.165, 1.54) is 12.1 Å². The Balaban J connectivity index is 2.21. The lowest BCUT2D eigenvalue weighted by Gasteiger charge is -2.11. The lowest BCUT2D eigenvalue weighted by atomic mass is 10.3. The van der Waals surface area contributed by atoms with E-state index in [0.29, 0.717) is 0 Å². The number of halogens is 4. The lowest BCUT2D eigenvalue weighted by Crippen LogP contribution is -2.22. The molecule has 0 bridgehead atoms. The number of rotatable bonds is 5. The number of anilines is 3. The van der Waals surface area contributed by atoms with Gasteiger partial charge in [-0.05, 0) is 24.3 Å². The highest BCUT2D eigenvalue weighted by atomic mass is 32.3. The predicted molar refractivity (Wildman–Crippen MR) is 79.3 cm³/mol. The first kappa shape index (κ1) is 18.4. The van der Waals surface area contributed by atoms with E-state index in [1.54, 1.807) is 6.07 Å². The molecule has 0 aliphatic heterocycles. The second-order valence-corrected chi connectivity index (χ2v) is 5.97. The number of benzene rings is 1. The molecule has 0 aliphatic carbocycles. The van der Waals surface area contributed by atoms with E-state index < -0.39 is 27.8 Å². The molecule has 1 aromatic carbocycles. The summed E-state index contributed by atoms with van der Waals surface area (Å²) in [5.41, 5.74) is 0.0764. The largest absolute Gasteiger partial charge is 0.405 e.